The smallest absolute Gasteiger partial charge is 0.261 e. The van der Waals surface area contributed by atoms with E-state index < -0.39 is 0 Å². The van der Waals surface area contributed by atoms with Gasteiger partial charge in [0.25, 0.3) is 11.5 Å². The number of benzene rings is 2. The first-order valence-electron chi connectivity index (χ1n) is 11.0. The predicted molar refractivity (Wildman–Crippen MR) is 135 cm³/mol. The number of aromatic amines is 1. The first-order chi connectivity index (χ1) is 16.1. The van der Waals surface area contributed by atoms with Crippen molar-refractivity contribution in [3.8, 4) is 0 Å². The second-order valence-corrected chi connectivity index (χ2v) is 10.3. The Bertz CT molecular complexity index is 1360. The number of anilines is 1. The Kier molecular flexibility index (Phi) is 6.30. The van der Waals surface area contributed by atoms with Gasteiger partial charge in [0, 0.05) is 29.4 Å². The topological polar surface area (TPSA) is 78.1 Å². The minimum absolute atomic E-state index is 0.188. The fraction of sp³-hybridized carbons (Fsp3) is 0.240. The number of thioether (sulfide) groups is 1. The number of thiophene rings is 1. The van der Waals surface area contributed by atoms with Crippen molar-refractivity contribution in [1.29, 1.82) is 0 Å². The van der Waals surface area contributed by atoms with Gasteiger partial charge >= 0.3 is 0 Å². The molecule has 0 unspecified atom stereocenters. The van der Waals surface area contributed by atoms with Crippen molar-refractivity contribution in [2.24, 2.45) is 0 Å². The molecule has 0 spiro atoms. The lowest BCUT2D eigenvalue weighted by molar-refractivity contribution is 0.102. The van der Waals surface area contributed by atoms with Crippen LogP contribution in [-0.2, 0) is 19.5 Å². The molecule has 168 valence electrons. The monoisotopic (exact) mass is 476 g/mol. The maximum absolute atomic E-state index is 12.9. The molecule has 0 saturated carbocycles. The van der Waals surface area contributed by atoms with Crippen molar-refractivity contribution in [3.63, 3.8) is 0 Å². The van der Waals surface area contributed by atoms with E-state index in [9.17, 15) is 9.59 Å². The molecule has 2 N–H and O–H groups in total. The van der Waals surface area contributed by atoms with E-state index in [1.165, 1.54) is 10.4 Å². The summed E-state index contributed by atoms with van der Waals surface area (Å²) in [5.41, 5.74) is 2.76. The highest BCUT2D eigenvalue weighted by Gasteiger charge is 2.24. The van der Waals surface area contributed by atoms with Crippen LogP contribution in [0.15, 0.2) is 64.3 Å². The van der Waals surface area contributed by atoms with E-state index in [0.29, 0.717) is 15.8 Å². The quantitative estimate of drug-likeness (QED) is 0.387. The summed E-state index contributed by atoms with van der Waals surface area (Å²) in [6.07, 6.45) is 0.820. The maximum atomic E-state index is 12.9. The molecule has 6 nitrogen and oxygen atoms in total. The Labute approximate surface area is 200 Å². The molecule has 2 aromatic carbocycles. The molecule has 1 amide bonds. The Balaban J connectivity index is 1.39. The summed E-state index contributed by atoms with van der Waals surface area (Å²) in [4.78, 5) is 38.3. The van der Waals surface area contributed by atoms with E-state index in [2.05, 4.69) is 44.5 Å². The van der Waals surface area contributed by atoms with Gasteiger partial charge in [-0.1, -0.05) is 49.4 Å². The second kappa shape index (κ2) is 9.51. The zero-order valence-corrected chi connectivity index (χ0v) is 19.9. The molecule has 0 fully saturated rings. The van der Waals surface area contributed by atoms with E-state index >= 15 is 0 Å². The highest BCUT2D eigenvalue weighted by Crippen LogP contribution is 2.33. The molecule has 0 bridgehead atoms. The maximum Gasteiger partial charge on any atom is 0.261 e. The van der Waals surface area contributed by atoms with Gasteiger partial charge in [0.15, 0.2) is 0 Å². The van der Waals surface area contributed by atoms with Crippen LogP contribution in [-0.4, -0.2) is 33.1 Å². The van der Waals surface area contributed by atoms with E-state index in [-0.39, 0.29) is 17.4 Å². The first kappa shape index (κ1) is 21.9. The lowest BCUT2D eigenvalue weighted by Gasteiger charge is -2.26. The number of fused-ring (bicyclic) bond motifs is 3. The summed E-state index contributed by atoms with van der Waals surface area (Å²) >= 11 is 3.16. The van der Waals surface area contributed by atoms with Gasteiger partial charge in [-0.15, -0.1) is 23.1 Å². The number of nitrogens with one attached hydrogen (secondary N) is 2. The number of H-pyrrole nitrogens is 1. The van der Waals surface area contributed by atoms with Crippen LogP contribution in [0.5, 0.6) is 0 Å². The van der Waals surface area contributed by atoms with Crippen molar-refractivity contribution in [2.45, 2.75) is 31.3 Å². The molecular weight excluding hydrogens is 452 g/mol. The van der Waals surface area contributed by atoms with E-state index in [1.807, 2.05) is 31.2 Å². The summed E-state index contributed by atoms with van der Waals surface area (Å²) < 4.78 is 0. The molecule has 5 rings (SSSR count). The predicted octanol–water partition coefficient (Wildman–Crippen LogP) is 4.91. The largest absolute Gasteiger partial charge is 0.294 e. The molecule has 0 atom stereocenters. The van der Waals surface area contributed by atoms with Gasteiger partial charge in [-0.2, -0.15) is 0 Å². The molecule has 0 aliphatic carbocycles. The van der Waals surface area contributed by atoms with Crippen LogP contribution in [0.1, 0.15) is 33.3 Å². The van der Waals surface area contributed by atoms with Crippen molar-refractivity contribution < 1.29 is 4.79 Å². The third-order valence-corrected chi connectivity index (χ3v) is 7.77. The van der Waals surface area contributed by atoms with Crippen molar-refractivity contribution >= 4 is 45.2 Å². The van der Waals surface area contributed by atoms with E-state index in [0.717, 1.165) is 42.3 Å². The third-order valence-electron chi connectivity index (χ3n) is 5.70. The highest BCUT2D eigenvalue weighted by molar-refractivity contribution is 7.99. The van der Waals surface area contributed by atoms with Gasteiger partial charge in [-0.25, -0.2) is 4.98 Å². The summed E-state index contributed by atoms with van der Waals surface area (Å²) in [7, 11) is 0. The Morgan fingerprint density at radius 1 is 1.18 bits per heavy atom. The van der Waals surface area contributed by atoms with Crippen LogP contribution < -0.4 is 10.9 Å². The number of nitrogens with zero attached hydrogens (tertiary/aromatic N) is 2. The number of hydrogen-bond donors (Lipinski definition) is 2. The van der Waals surface area contributed by atoms with Crippen LogP contribution in [0.4, 0.5) is 5.95 Å². The Hall–Kier alpha value is -2.94. The number of carbonyl (C=O) groups excluding carboxylic acids is 1. The van der Waals surface area contributed by atoms with Crippen LogP contribution in [0, 0.1) is 0 Å². The number of hydrogen-bond acceptors (Lipinski definition) is 6. The van der Waals surface area contributed by atoms with Gasteiger partial charge in [0.2, 0.25) is 5.95 Å². The molecule has 3 heterocycles. The van der Waals surface area contributed by atoms with Crippen LogP contribution in [0.3, 0.4) is 0 Å². The molecule has 4 aromatic rings. The van der Waals surface area contributed by atoms with Gasteiger partial charge in [-0.05, 0) is 35.4 Å². The molecule has 1 aliphatic rings. The normalized spacial score (nSPS) is 13.7. The number of rotatable bonds is 6. The fourth-order valence-corrected chi connectivity index (χ4v) is 6.27. The standard InChI is InChI=1S/C25H24N4O2S2/c1-2-32-19-11-7-6-10-18(19)22(30)26-25-27-23(31)21-17-12-13-29(14-16-8-4-3-5-9-16)15-20(17)33-24(21)28-25/h3-11H,2,12-15H2,1H3,(H2,26,27,28,30,31). The van der Waals surface area contributed by atoms with Crippen molar-refractivity contribution in [1.82, 2.24) is 14.9 Å². The number of amides is 1. The van der Waals surface area contributed by atoms with Gasteiger partial charge in [0.05, 0.1) is 10.9 Å². The molecule has 0 radical (unpaired) electrons. The molecule has 1 aliphatic heterocycles. The number of carbonyl (C=O) groups is 1. The van der Waals surface area contributed by atoms with Gasteiger partial charge in [0.1, 0.15) is 4.83 Å². The zero-order chi connectivity index (χ0) is 22.8. The average Bonchev–Trinajstić information content (AvgIpc) is 3.18. The molecular formula is C25H24N4O2S2. The van der Waals surface area contributed by atoms with Gasteiger partial charge in [-0.3, -0.25) is 24.8 Å². The third kappa shape index (κ3) is 4.59. The van der Waals surface area contributed by atoms with E-state index in [1.54, 1.807) is 29.2 Å². The van der Waals surface area contributed by atoms with Crippen molar-refractivity contribution in [3.05, 3.63) is 86.5 Å². The molecule has 33 heavy (non-hydrogen) atoms. The van der Waals surface area contributed by atoms with E-state index in [4.69, 9.17) is 0 Å². The Morgan fingerprint density at radius 2 is 1.97 bits per heavy atom. The lowest BCUT2D eigenvalue weighted by atomic mass is 10.0. The summed E-state index contributed by atoms with van der Waals surface area (Å²) in [6, 6.07) is 17.9. The minimum Gasteiger partial charge on any atom is -0.294 e. The summed E-state index contributed by atoms with van der Waals surface area (Å²) in [5, 5.41) is 3.45. The average molecular weight is 477 g/mol. The second-order valence-electron chi connectivity index (χ2n) is 7.93. The highest BCUT2D eigenvalue weighted by atomic mass is 32.2. The lowest BCUT2D eigenvalue weighted by Crippen LogP contribution is -2.29. The first-order valence-corrected chi connectivity index (χ1v) is 12.8. The molecule has 8 heteroatoms. The van der Waals surface area contributed by atoms with Gasteiger partial charge < -0.3 is 0 Å². The molecule has 0 saturated heterocycles. The zero-order valence-electron chi connectivity index (χ0n) is 18.3. The van der Waals surface area contributed by atoms with Crippen LogP contribution in [0.2, 0.25) is 0 Å². The summed E-state index contributed by atoms with van der Waals surface area (Å²) in [5.74, 6) is 0.783. The van der Waals surface area contributed by atoms with Crippen molar-refractivity contribution in [2.75, 3.05) is 17.6 Å². The Morgan fingerprint density at radius 3 is 2.79 bits per heavy atom. The number of aromatic nitrogens is 2. The SMILES string of the molecule is CCSc1ccccc1C(=O)Nc1nc2sc3c(c2c(=O)[nH]1)CCN(Cc1ccccc1)C3. The fourth-order valence-electron chi connectivity index (χ4n) is 4.20. The summed E-state index contributed by atoms with van der Waals surface area (Å²) in [6.45, 7) is 4.63. The minimum atomic E-state index is -0.274. The molecule has 2 aromatic heterocycles. The van der Waals surface area contributed by atoms with Crippen LogP contribution in [0.25, 0.3) is 10.2 Å². The van der Waals surface area contributed by atoms with Crippen LogP contribution >= 0.6 is 23.1 Å².